The quantitative estimate of drug-likeness (QED) is 0.462. The molecule has 1 atom stereocenters. The fourth-order valence-corrected chi connectivity index (χ4v) is 1.30. The van der Waals surface area contributed by atoms with Crippen molar-refractivity contribution in [3.63, 3.8) is 0 Å². The highest BCUT2D eigenvalue weighted by Crippen LogP contribution is 2.17. The Morgan fingerprint density at radius 3 is 2.68 bits per heavy atom. The van der Waals surface area contributed by atoms with Crippen molar-refractivity contribution >= 4 is 11.8 Å². The first kappa shape index (κ1) is 14.7. The van der Waals surface area contributed by atoms with Crippen molar-refractivity contribution in [3.05, 3.63) is 52.6 Å². The molecule has 1 aromatic carbocycles. The third-order valence-corrected chi connectivity index (χ3v) is 2.26. The number of carbonyl (C=O) groups excluding carboxylic acids is 1. The van der Waals surface area contributed by atoms with Gasteiger partial charge in [0.25, 0.3) is 5.69 Å². The number of nitro benzene ring substituents is 1. The number of aliphatic hydroxyl groups excluding tert-OH is 1. The van der Waals surface area contributed by atoms with Crippen LogP contribution >= 0.6 is 0 Å². The minimum absolute atomic E-state index is 0.0478. The second-order valence-electron chi connectivity index (χ2n) is 3.63. The van der Waals surface area contributed by atoms with Gasteiger partial charge in [0.05, 0.1) is 17.6 Å². The number of aliphatic hydroxyl groups is 1. The van der Waals surface area contributed by atoms with Crippen LogP contribution in [0.15, 0.2) is 36.9 Å². The van der Waals surface area contributed by atoms with Crippen LogP contribution in [0.4, 0.5) is 10.5 Å². The van der Waals surface area contributed by atoms with Crippen molar-refractivity contribution in [2.45, 2.75) is 6.10 Å². The van der Waals surface area contributed by atoms with E-state index < -0.39 is 17.1 Å². The fraction of sp³-hybridized carbons (Fsp3) is 0.250. The van der Waals surface area contributed by atoms with Crippen LogP contribution in [0.2, 0.25) is 0 Å². The van der Waals surface area contributed by atoms with E-state index in [1.807, 2.05) is 0 Å². The van der Waals surface area contributed by atoms with E-state index in [0.29, 0.717) is 5.56 Å². The van der Waals surface area contributed by atoms with Crippen molar-refractivity contribution in [1.82, 2.24) is 5.32 Å². The first-order chi connectivity index (χ1) is 9.04. The monoisotopic (exact) mass is 266 g/mol. The van der Waals surface area contributed by atoms with Crippen molar-refractivity contribution in [1.29, 1.82) is 0 Å². The van der Waals surface area contributed by atoms with E-state index in [0.717, 1.165) is 0 Å². The van der Waals surface area contributed by atoms with Crippen LogP contribution in [0.3, 0.4) is 0 Å². The molecule has 19 heavy (non-hydrogen) atoms. The van der Waals surface area contributed by atoms with Crippen LogP contribution in [0.5, 0.6) is 0 Å². The Bertz CT molecular complexity index is 458. The average Bonchev–Trinajstić information content (AvgIpc) is 2.42. The fourth-order valence-electron chi connectivity index (χ4n) is 1.30. The summed E-state index contributed by atoms with van der Waals surface area (Å²) in [5, 5.41) is 22.6. The summed E-state index contributed by atoms with van der Waals surface area (Å²) in [6.45, 7) is 3.42. The van der Waals surface area contributed by atoms with Gasteiger partial charge in [0, 0.05) is 12.1 Å². The van der Waals surface area contributed by atoms with Crippen LogP contribution < -0.4 is 5.32 Å². The molecule has 0 aliphatic rings. The zero-order valence-corrected chi connectivity index (χ0v) is 10.1. The molecule has 0 spiro atoms. The molecule has 0 unspecified atom stereocenters. The maximum absolute atomic E-state index is 11.1. The minimum Gasteiger partial charge on any atom is -0.445 e. The number of rotatable bonds is 6. The Morgan fingerprint density at radius 2 is 2.16 bits per heavy atom. The molecule has 1 aromatic rings. The second-order valence-corrected chi connectivity index (χ2v) is 3.63. The van der Waals surface area contributed by atoms with Crippen molar-refractivity contribution in [2.75, 3.05) is 13.2 Å². The number of non-ortho nitro benzene ring substituents is 1. The SMILES string of the molecule is C=CCOC(=O)NC[C@H](O)c1ccc([N+](=O)[O-])cc1. The van der Waals surface area contributed by atoms with Crippen LogP contribution in [0.25, 0.3) is 0 Å². The smallest absolute Gasteiger partial charge is 0.407 e. The molecule has 0 heterocycles. The van der Waals surface area contributed by atoms with Crippen LogP contribution in [-0.2, 0) is 4.74 Å². The lowest BCUT2D eigenvalue weighted by atomic mass is 10.1. The van der Waals surface area contributed by atoms with E-state index in [2.05, 4.69) is 16.6 Å². The minimum atomic E-state index is -0.961. The van der Waals surface area contributed by atoms with Gasteiger partial charge in [0.2, 0.25) is 0 Å². The molecule has 7 nitrogen and oxygen atoms in total. The topological polar surface area (TPSA) is 102 Å². The zero-order chi connectivity index (χ0) is 14.3. The second kappa shape index (κ2) is 7.12. The normalized spacial score (nSPS) is 11.4. The first-order valence-electron chi connectivity index (χ1n) is 5.48. The zero-order valence-electron chi connectivity index (χ0n) is 10.1. The maximum atomic E-state index is 11.1. The summed E-state index contributed by atoms with van der Waals surface area (Å²) < 4.78 is 4.66. The summed E-state index contributed by atoms with van der Waals surface area (Å²) >= 11 is 0. The number of amides is 1. The van der Waals surface area contributed by atoms with Gasteiger partial charge in [-0.25, -0.2) is 4.79 Å². The van der Waals surface area contributed by atoms with Crippen molar-refractivity contribution in [2.24, 2.45) is 0 Å². The number of hydrogen-bond donors (Lipinski definition) is 2. The van der Waals surface area contributed by atoms with Gasteiger partial charge in [-0.1, -0.05) is 12.7 Å². The molecule has 102 valence electrons. The van der Waals surface area contributed by atoms with Crippen molar-refractivity contribution < 1.29 is 19.6 Å². The molecule has 1 amide bonds. The molecule has 0 saturated heterocycles. The highest BCUT2D eigenvalue weighted by molar-refractivity contribution is 5.67. The Morgan fingerprint density at radius 1 is 1.53 bits per heavy atom. The van der Waals surface area contributed by atoms with E-state index in [-0.39, 0.29) is 18.8 Å². The Kier molecular flexibility index (Phi) is 5.49. The summed E-state index contributed by atoms with van der Waals surface area (Å²) in [5.74, 6) is 0. The number of nitrogens with zero attached hydrogens (tertiary/aromatic N) is 1. The lowest BCUT2D eigenvalue weighted by Crippen LogP contribution is -2.29. The molecular weight excluding hydrogens is 252 g/mol. The Labute approximate surface area is 109 Å². The van der Waals surface area contributed by atoms with Gasteiger partial charge in [-0.05, 0) is 17.7 Å². The Balaban J connectivity index is 2.49. The maximum Gasteiger partial charge on any atom is 0.407 e. The molecule has 0 saturated carbocycles. The molecule has 0 fully saturated rings. The summed E-state index contributed by atoms with van der Waals surface area (Å²) in [5.41, 5.74) is 0.406. The molecule has 2 N–H and O–H groups in total. The van der Waals surface area contributed by atoms with Gasteiger partial charge in [0.1, 0.15) is 6.61 Å². The predicted molar refractivity (Wildman–Crippen MR) is 67.6 cm³/mol. The van der Waals surface area contributed by atoms with Crippen LogP contribution in [0.1, 0.15) is 11.7 Å². The van der Waals surface area contributed by atoms with Crippen molar-refractivity contribution in [3.8, 4) is 0 Å². The number of ether oxygens (including phenoxy) is 1. The van der Waals surface area contributed by atoms with E-state index >= 15 is 0 Å². The van der Waals surface area contributed by atoms with Gasteiger partial charge >= 0.3 is 6.09 Å². The standard InChI is InChI=1S/C12H14N2O5/c1-2-7-19-12(16)13-8-11(15)9-3-5-10(6-4-9)14(17)18/h2-6,11,15H,1,7-8H2,(H,13,16)/t11-/m0/s1. The largest absolute Gasteiger partial charge is 0.445 e. The molecule has 0 aliphatic heterocycles. The summed E-state index contributed by atoms with van der Waals surface area (Å²) in [6.07, 6.45) is -0.204. The van der Waals surface area contributed by atoms with Gasteiger partial charge in [-0.15, -0.1) is 0 Å². The highest BCUT2D eigenvalue weighted by Gasteiger charge is 2.11. The number of nitro groups is 1. The summed E-state index contributed by atoms with van der Waals surface area (Å²) in [7, 11) is 0. The molecule has 7 heteroatoms. The van der Waals surface area contributed by atoms with Gasteiger partial charge in [0.15, 0.2) is 0 Å². The van der Waals surface area contributed by atoms with E-state index in [9.17, 15) is 20.0 Å². The summed E-state index contributed by atoms with van der Waals surface area (Å²) in [6, 6.07) is 5.43. The molecule has 0 radical (unpaired) electrons. The molecule has 0 bridgehead atoms. The first-order valence-corrected chi connectivity index (χ1v) is 5.48. The van der Waals surface area contributed by atoms with Crippen LogP contribution in [0, 0.1) is 10.1 Å². The number of hydrogen-bond acceptors (Lipinski definition) is 5. The highest BCUT2D eigenvalue weighted by atomic mass is 16.6. The van der Waals surface area contributed by atoms with Crippen LogP contribution in [-0.4, -0.2) is 29.3 Å². The third-order valence-electron chi connectivity index (χ3n) is 2.26. The van der Waals surface area contributed by atoms with E-state index in [1.165, 1.54) is 30.3 Å². The third kappa shape index (κ3) is 4.76. The van der Waals surface area contributed by atoms with Gasteiger partial charge < -0.3 is 15.2 Å². The molecule has 1 rings (SSSR count). The number of nitrogens with one attached hydrogen (secondary N) is 1. The molecule has 0 aromatic heterocycles. The number of alkyl carbamates (subject to hydrolysis) is 1. The predicted octanol–water partition coefficient (Wildman–Crippen LogP) is 1.54. The summed E-state index contributed by atoms with van der Waals surface area (Å²) in [4.78, 5) is 21.0. The van der Waals surface area contributed by atoms with E-state index in [4.69, 9.17) is 0 Å². The van der Waals surface area contributed by atoms with Gasteiger partial charge in [-0.2, -0.15) is 0 Å². The average molecular weight is 266 g/mol. The lowest BCUT2D eigenvalue weighted by molar-refractivity contribution is -0.384. The Hall–Kier alpha value is -2.41. The lowest BCUT2D eigenvalue weighted by Gasteiger charge is -2.11. The van der Waals surface area contributed by atoms with E-state index in [1.54, 1.807) is 0 Å². The number of carbonyl (C=O) groups is 1. The molecule has 0 aliphatic carbocycles. The van der Waals surface area contributed by atoms with Gasteiger partial charge in [-0.3, -0.25) is 10.1 Å². The number of benzene rings is 1. The molecular formula is C12H14N2O5.